The van der Waals surface area contributed by atoms with Crippen LogP contribution in [0.5, 0.6) is 0 Å². The lowest BCUT2D eigenvalue weighted by Crippen LogP contribution is -2.54. The molecule has 12 heteroatoms. The van der Waals surface area contributed by atoms with Gasteiger partial charge >= 0.3 is 0 Å². The summed E-state index contributed by atoms with van der Waals surface area (Å²) in [6.07, 6.45) is 3.46. The van der Waals surface area contributed by atoms with Crippen LogP contribution in [0.4, 0.5) is 15.9 Å². The number of amides is 2. The lowest BCUT2D eigenvalue weighted by molar-refractivity contribution is -0.117. The SMILES string of the molecule is N#CCC1(n2cc(C(N)=O)c(NC(=O)C3CC3)n2)CCN(Cc2ccc(N3N=CCN3)cc2)CC1F. The fourth-order valence-corrected chi connectivity index (χ4v) is 4.70. The van der Waals surface area contributed by atoms with E-state index in [1.54, 1.807) is 11.3 Å². The topological polar surface area (TPSA) is 145 Å². The highest BCUT2D eigenvalue weighted by Crippen LogP contribution is 2.37. The van der Waals surface area contributed by atoms with E-state index >= 15 is 4.39 Å². The molecule has 1 aliphatic carbocycles. The van der Waals surface area contributed by atoms with Gasteiger partial charge in [-0.2, -0.15) is 20.6 Å². The van der Waals surface area contributed by atoms with E-state index in [0.717, 1.165) is 24.1 Å². The number of nitrogens with two attached hydrogens (primary N) is 1. The maximum absolute atomic E-state index is 15.9. The van der Waals surface area contributed by atoms with Gasteiger partial charge in [-0.15, -0.1) is 0 Å². The molecule has 5 rings (SSSR count). The second kappa shape index (κ2) is 9.67. The summed E-state index contributed by atoms with van der Waals surface area (Å²) in [4.78, 5) is 26.3. The van der Waals surface area contributed by atoms with Crippen molar-refractivity contribution in [1.82, 2.24) is 20.1 Å². The monoisotopic (exact) mass is 493 g/mol. The van der Waals surface area contributed by atoms with Gasteiger partial charge in [0.25, 0.3) is 5.91 Å². The molecule has 2 amide bonds. The number of likely N-dealkylation sites (tertiary alicyclic amines) is 1. The van der Waals surface area contributed by atoms with Gasteiger partial charge in [-0.3, -0.25) is 19.2 Å². The minimum atomic E-state index is -1.43. The van der Waals surface area contributed by atoms with Gasteiger partial charge in [0.2, 0.25) is 5.91 Å². The first-order chi connectivity index (χ1) is 17.4. The Kier molecular flexibility index (Phi) is 6.42. The molecule has 1 aromatic heterocycles. The molecule has 1 aromatic carbocycles. The second-order valence-electron chi connectivity index (χ2n) is 9.49. The Labute approximate surface area is 207 Å². The third kappa shape index (κ3) is 4.67. The number of carbonyl (C=O) groups is 2. The van der Waals surface area contributed by atoms with Gasteiger partial charge in [0.15, 0.2) is 5.82 Å². The number of hydrazone groups is 1. The Bertz CT molecular complexity index is 1220. The van der Waals surface area contributed by atoms with Crippen molar-refractivity contribution < 1.29 is 14.0 Å². The van der Waals surface area contributed by atoms with E-state index < -0.39 is 17.6 Å². The molecule has 3 heterocycles. The summed E-state index contributed by atoms with van der Waals surface area (Å²) in [6.45, 7) is 1.85. The molecule has 1 saturated heterocycles. The van der Waals surface area contributed by atoms with Crippen LogP contribution in [0, 0.1) is 17.2 Å². The summed E-state index contributed by atoms with van der Waals surface area (Å²) < 4.78 is 17.2. The molecule has 188 valence electrons. The van der Waals surface area contributed by atoms with Gasteiger partial charge in [0.05, 0.1) is 24.7 Å². The standard InChI is InChI=1S/C24H28FN9O2/c25-20-15-32(13-16-1-5-18(6-2-16)34-28-10-11-29-34)12-8-24(20,7-9-26)33-14-19(21(27)35)22(31-33)30-23(36)17-3-4-17/h1-2,5-6,10,14,17,20,29H,3-4,7-8,11-13,15H2,(H2,27,35)(H,30,31,36). The van der Waals surface area contributed by atoms with Crippen LogP contribution in [0.2, 0.25) is 0 Å². The summed E-state index contributed by atoms with van der Waals surface area (Å²) in [6, 6.07) is 9.96. The van der Waals surface area contributed by atoms with Crippen LogP contribution in [0.15, 0.2) is 35.6 Å². The molecule has 1 saturated carbocycles. The lowest BCUT2D eigenvalue weighted by atomic mass is 9.83. The summed E-state index contributed by atoms with van der Waals surface area (Å²) >= 11 is 0. The zero-order valence-corrected chi connectivity index (χ0v) is 19.7. The highest BCUT2D eigenvalue weighted by atomic mass is 19.1. The van der Waals surface area contributed by atoms with E-state index in [-0.39, 0.29) is 36.2 Å². The predicted octanol–water partition coefficient (Wildman–Crippen LogP) is 1.49. The van der Waals surface area contributed by atoms with Crippen molar-refractivity contribution in [1.29, 1.82) is 5.26 Å². The highest BCUT2D eigenvalue weighted by Gasteiger charge is 2.47. The van der Waals surface area contributed by atoms with Crippen LogP contribution in [0.25, 0.3) is 0 Å². The molecule has 36 heavy (non-hydrogen) atoms. The first-order valence-corrected chi connectivity index (χ1v) is 12.0. The summed E-state index contributed by atoms with van der Waals surface area (Å²) in [5.41, 5.74) is 9.31. The number of nitriles is 1. The molecule has 2 aromatic rings. The van der Waals surface area contributed by atoms with E-state index in [4.69, 9.17) is 5.73 Å². The Balaban J connectivity index is 1.31. The average molecular weight is 494 g/mol. The number of piperidine rings is 1. The number of hydrazine groups is 1. The Morgan fingerprint density at radius 2 is 2.08 bits per heavy atom. The zero-order chi connectivity index (χ0) is 25.3. The van der Waals surface area contributed by atoms with Crippen molar-refractivity contribution in [2.24, 2.45) is 16.8 Å². The van der Waals surface area contributed by atoms with E-state index in [1.165, 1.54) is 10.9 Å². The van der Waals surface area contributed by atoms with Crippen molar-refractivity contribution in [3.63, 3.8) is 0 Å². The normalized spacial score (nSPS) is 24.0. The van der Waals surface area contributed by atoms with Crippen LogP contribution < -0.4 is 21.6 Å². The number of anilines is 2. The number of alkyl halides is 1. The van der Waals surface area contributed by atoms with Crippen LogP contribution in [0.3, 0.4) is 0 Å². The molecular formula is C24H28FN9O2. The van der Waals surface area contributed by atoms with Gasteiger partial charge in [-0.05, 0) is 37.0 Å². The summed E-state index contributed by atoms with van der Waals surface area (Å²) in [5, 5.41) is 22.5. The quantitative estimate of drug-likeness (QED) is 0.505. The number of benzene rings is 1. The van der Waals surface area contributed by atoms with Gasteiger partial charge in [-0.1, -0.05) is 12.1 Å². The number of hydrogen-bond donors (Lipinski definition) is 3. The van der Waals surface area contributed by atoms with Crippen LogP contribution in [-0.2, 0) is 16.9 Å². The van der Waals surface area contributed by atoms with Gasteiger partial charge in [-0.25, -0.2) is 9.82 Å². The van der Waals surface area contributed by atoms with Crippen molar-refractivity contribution >= 4 is 29.5 Å². The summed E-state index contributed by atoms with van der Waals surface area (Å²) in [7, 11) is 0. The number of halogens is 1. The molecule has 4 N–H and O–H groups in total. The number of nitrogens with zero attached hydrogens (tertiary/aromatic N) is 6. The van der Waals surface area contributed by atoms with Gasteiger partial charge < -0.3 is 11.1 Å². The first-order valence-electron chi connectivity index (χ1n) is 12.0. The minimum Gasteiger partial charge on any atom is -0.365 e. The summed E-state index contributed by atoms with van der Waals surface area (Å²) in [5.74, 6) is -1.09. The van der Waals surface area contributed by atoms with E-state index in [0.29, 0.717) is 26.1 Å². The molecule has 11 nitrogen and oxygen atoms in total. The molecule has 2 atom stereocenters. The molecule has 0 spiro atoms. The Hall–Kier alpha value is -3.82. The molecule has 0 radical (unpaired) electrons. The Morgan fingerprint density at radius 1 is 1.31 bits per heavy atom. The molecule has 0 bridgehead atoms. The van der Waals surface area contributed by atoms with Crippen molar-refractivity contribution in [2.75, 3.05) is 30.1 Å². The molecule has 3 aliphatic rings. The van der Waals surface area contributed by atoms with Crippen LogP contribution in [-0.4, -0.2) is 58.5 Å². The minimum absolute atomic E-state index is 0.00728. The van der Waals surface area contributed by atoms with E-state index in [9.17, 15) is 14.9 Å². The molecule has 2 fully saturated rings. The molecule has 2 aliphatic heterocycles. The third-order valence-electron chi connectivity index (χ3n) is 6.99. The smallest absolute Gasteiger partial charge is 0.254 e. The number of nitrogens with one attached hydrogen (secondary N) is 2. The third-order valence-corrected chi connectivity index (χ3v) is 6.99. The zero-order valence-electron chi connectivity index (χ0n) is 19.7. The number of carbonyl (C=O) groups excluding carboxylic acids is 2. The number of rotatable bonds is 8. The second-order valence-corrected chi connectivity index (χ2v) is 9.49. The predicted molar refractivity (Wildman–Crippen MR) is 131 cm³/mol. The fourth-order valence-electron chi connectivity index (χ4n) is 4.70. The van der Waals surface area contributed by atoms with Crippen molar-refractivity contribution in [3.05, 3.63) is 41.6 Å². The fraction of sp³-hybridized carbons (Fsp3) is 0.458. The molecule has 2 unspecified atom stereocenters. The lowest BCUT2D eigenvalue weighted by Gasteiger charge is -2.43. The van der Waals surface area contributed by atoms with E-state index in [1.807, 2.05) is 29.2 Å². The highest BCUT2D eigenvalue weighted by molar-refractivity contribution is 6.02. The van der Waals surface area contributed by atoms with Crippen LogP contribution >= 0.6 is 0 Å². The van der Waals surface area contributed by atoms with Crippen LogP contribution in [0.1, 0.15) is 41.6 Å². The number of aromatic nitrogens is 2. The molecular weight excluding hydrogens is 465 g/mol. The number of primary amides is 1. The van der Waals surface area contributed by atoms with Crippen molar-refractivity contribution in [3.8, 4) is 6.07 Å². The van der Waals surface area contributed by atoms with Gasteiger partial charge in [0, 0.05) is 38.0 Å². The maximum atomic E-state index is 15.9. The first kappa shape index (κ1) is 23.9. The largest absolute Gasteiger partial charge is 0.365 e. The van der Waals surface area contributed by atoms with Gasteiger partial charge in [0.1, 0.15) is 17.3 Å². The number of hydrogen-bond acceptors (Lipinski definition) is 8. The average Bonchev–Trinajstić information content (AvgIpc) is 3.40. The maximum Gasteiger partial charge on any atom is 0.254 e. The Morgan fingerprint density at radius 3 is 2.69 bits per heavy atom. The van der Waals surface area contributed by atoms with E-state index in [2.05, 4.69) is 27.0 Å². The van der Waals surface area contributed by atoms with Crippen molar-refractivity contribution in [2.45, 2.75) is 43.9 Å².